The van der Waals surface area contributed by atoms with Gasteiger partial charge in [0.1, 0.15) is 11.6 Å². The molecule has 0 atom stereocenters. The van der Waals surface area contributed by atoms with Gasteiger partial charge in [-0.2, -0.15) is 0 Å². The molecule has 0 saturated carbocycles. The fourth-order valence-corrected chi connectivity index (χ4v) is 4.73. The number of aryl methyl sites for hydroxylation is 4. The third kappa shape index (κ3) is 5.11. The van der Waals surface area contributed by atoms with Gasteiger partial charge in [0.05, 0.1) is 22.5 Å². The minimum atomic E-state index is -0.712. The molecule has 0 saturated heterocycles. The standard InChI is InChI=1S/C22H23F2N3O2S/c23-14-7-8-15(16(24)12-14)18-13-26-21(29-18)10-9-20(28)25-11-3-6-22-27-17-4-1-2-5-19(17)30-22/h7-8,12-13H,1-6,9-11H2,(H,25,28). The van der Waals surface area contributed by atoms with Crippen molar-refractivity contribution in [2.45, 2.75) is 51.4 Å². The Kier molecular flexibility index (Phi) is 6.52. The van der Waals surface area contributed by atoms with Crippen LogP contribution in [0.1, 0.15) is 47.2 Å². The van der Waals surface area contributed by atoms with Gasteiger partial charge < -0.3 is 9.73 Å². The van der Waals surface area contributed by atoms with Crippen molar-refractivity contribution in [3.05, 3.63) is 57.5 Å². The van der Waals surface area contributed by atoms with E-state index in [1.54, 1.807) is 0 Å². The predicted octanol–water partition coefficient (Wildman–Crippen LogP) is 4.64. The minimum Gasteiger partial charge on any atom is -0.441 e. The lowest BCUT2D eigenvalue weighted by molar-refractivity contribution is -0.121. The van der Waals surface area contributed by atoms with Crippen LogP contribution in [0.2, 0.25) is 0 Å². The molecular weight excluding hydrogens is 408 g/mol. The minimum absolute atomic E-state index is 0.0823. The van der Waals surface area contributed by atoms with E-state index in [1.807, 2.05) is 11.3 Å². The lowest BCUT2D eigenvalue weighted by Crippen LogP contribution is -2.25. The molecule has 1 aliphatic rings. The Morgan fingerprint density at radius 2 is 2.07 bits per heavy atom. The molecule has 0 unspecified atom stereocenters. The van der Waals surface area contributed by atoms with Gasteiger partial charge >= 0.3 is 0 Å². The Bertz CT molecular complexity index is 1010. The number of hydrogen-bond acceptors (Lipinski definition) is 5. The smallest absolute Gasteiger partial charge is 0.220 e. The topological polar surface area (TPSA) is 68.0 Å². The van der Waals surface area contributed by atoms with E-state index in [4.69, 9.17) is 9.40 Å². The summed E-state index contributed by atoms with van der Waals surface area (Å²) in [5.41, 5.74) is 1.42. The van der Waals surface area contributed by atoms with Gasteiger partial charge in [-0.25, -0.2) is 18.7 Å². The van der Waals surface area contributed by atoms with Crippen molar-refractivity contribution >= 4 is 17.2 Å². The van der Waals surface area contributed by atoms with Crippen molar-refractivity contribution in [1.82, 2.24) is 15.3 Å². The van der Waals surface area contributed by atoms with Crippen LogP contribution in [0, 0.1) is 11.6 Å². The van der Waals surface area contributed by atoms with Crippen molar-refractivity contribution in [1.29, 1.82) is 0 Å². The molecule has 8 heteroatoms. The van der Waals surface area contributed by atoms with E-state index in [-0.39, 0.29) is 23.7 Å². The van der Waals surface area contributed by atoms with Crippen LogP contribution in [0.5, 0.6) is 0 Å². The summed E-state index contributed by atoms with van der Waals surface area (Å²) < 4.78 is 32.4. The molecule has 3 aromatic rings. The van der Waals surface area contributed by atoms with Gasteiger partial charge in [0.25, 0.3) is 0 Å². The SMILES string of the molecule is O=C(CCc1ncc(-c2ccc(F)cc2F)o1)NCCCc1nc2c(s1)CCCC2. The number of oxazole rings is 1. The summed E-state index contributed by atoms with van der Waals surface area (Å²) in [6, 6.07) is 3.27. The summed E-state index contributed by atoms with van der Waals surface area (Å²) in [7, 11) is 0. The van der Waals surface area contributed by atoms with Crippen molar-refractivity contribution in [2.24, 2.45) is 0 Å². The van der Waals surface area contributed by atoms with Crippen molar-refractivity contribution in [2.75, 3.05) is 6.54 Å². The maximum absolute atomic E-state index is 13.8. The zero-order valence-electron chi connectivity index (χ0n) is 16.5. The number of carbonyl (C=O) groups excluding carboxylic acids is 1. The normalized spacial score (nSPS) is 13.3. The van der Waals surface area contributed by atoms with E-state index in [0.717, 1.165) is 42.8 Å². The lowest BCUT2D eigenvalue weighted by Gasteiger charge is -2.06. The van der Waals surface area contributed by atoms with Gasteiger partial charge in [0, 0.05) is 36.8 Å². The van der Waals surface area contributed by atoms with E-state index in [9.17, 15) is 13.6 Å². The first kappa shape index (κ1) is 20.7. The van der Waals surface area contributed by atoms with E-state index in [2.05, 4.69) is 10.3 Å². The molecule has 4 rings (SSSR count). The molecule has 30 heavy (non-hydrogen) atoms. The van der Waals surface area contributed by atoms with Crippen LogP contribution in [0.25, 0.3) is 11.3 Å². The number of carbonyl (C=O) groups is 1. The van der Waals surface area contributed by atoms with Crippen LogP contribution < -0.4 is 5.32 Å². The van der Waals surface area contributed by atoms with Crippen LogP contribution in [-0.2, 0) is 30.5 Å². The fraction of sp³-hybridized carbons (Fsp3) is 0.409. The largest absolute Gasteiger partial charge is 0.441 e. The zero-order chi connectivity index (χ0) is 20.9. The molecular formula is C22H23F2N3O2S. The molecule has 0 spiro atoms. The first-order chi connectivity index (χ1) is 14.6. The highest BCUT2D eigenvalue weighted by Crippen LogP contribution is 2.27. The first-order valence-corrected chi connectivity index (χ1v) is 11.0. The monoisotopic (exact) mass is 431 g/mol. The van der Waals surface area contributed by atoms with Gasteiger partial charge in [-0.3, -0.25) is 4.79 Å². The summed E-state index contributed by atoms with van der Waals surface area (Å²) in [5.74, 6) is -0.883. The number of amides is 1. The van der Waals surface area contributed by atoms with Gasteiger partial charge in [-0.1, -0.05) is 0 Å². The highest BCUT2D eigenvalue weighted by atomic mass is 32.1. The summed E-state index contributed by atoms with van der Waals surface area (Å²) in [5, 5.41) is 4.07. The number of fused-ring (bicyclic) bond motifs is 1. The summed E-state index contributed by atoms with van der Waals surface area (Å²) in [6.07, 6.45) is 8.41. The number of hydrogen-bond donors (Lipinski definition) is 1. The highest BCUT2D eigenvalue weighted by Gasteiger charge is 2.15. The van der Waals surface area contributed by atoms with Crippen molar-refractivity contribution < 1.29 is 18.0 Å². The van der Waals surface area contributed by atoms with Crippen molar-refractivity contribution in [3.63, 3.8) is 0 Å². The number of nitrogens with one attached hydrogen (secondary N) is 1. The number of aromatic nitrogens is 2. The second-order valence-electron chi connectivity index (χ2n) is 7.38. The van der Waals surface area contributed by atoms with E-state index in [1.165, 1.54) is 35.7 Å². The molecule has 1 amide bonds. The maximum Gasteiger partial charge on any atom is 0.220 e. The molecule has 158 valence electrons. The molecule has 0 fully saturated rings. The number of thiazole rings is 1. The molecule has 2 aromatic heterocycles. The van der Waals surface area contributed by atoms with E-state index < -0.39 is 11.6 Å². The average molecular weight is 432 g/mol. The molecule has 2 heterocycles. The average Bonchev–Trinajstić information content (AvgIpc) is 3.36. The van der Waals surface area contributed by atoms with Crippen molar-refractivity contribution in [3.8, 4) is 11.3 Å². The molecule has 0 radical (unpaired) electrons. The quantitative estimate of drug-likeness (QED) is 0.528. The second-order valence-corrected chi connectivity index (χ2v) is 8.55. The summed E-state index contributed by atoms with van der Waals surface area (Å²) in [4.78, 5) is 22.3. The molecule has 0 bridgehead atoms. The third-order valence-electron chi connectivity index (χ3n) is 5.10. The Hall–Kier alpha value is -2.61. The van der Waals surface area contributed by atoms with Gasteiger partial charge in [0.2, 0.25) is 5.91 Å². The van der Waals surface area contributed by atoms with E-state index >= 15 is 0 Å². The maximum atomic E-state index is 13.8. The third-order valence-corrected chi connectivity index (χ3v) is 6.31. The lowest BCUT2D eigenvalue weighted by atomic mass is 10.0. The van der Waals surface area contributed by atoms with Gasteiger partial charge in [0.15, 0.2) is 11.7 Å². The van der Waals surface area contributed by atoms with Crippen LogP contribution in [0.4, 0.5) is 8.78 Å². The predicted molar refractivity (Wildman–Crippen MR) is 110 cm³/mol. The van der Waals surface area contributed by atoms with Crippen LogP contribution >= 0.6 is 11.3 Å². The Morgan fingerprint density at radius 1 is 1.20 bits per heavy atom. The number of benzene rings is 1. The van der Waals surface area contributed by atoms with Crippen LogP contribution in [0.3, 0.4) is 0 Å². The molecule has 1 N–H and O–H groups in total. The van der Waals surface area contributed by atoms with E-state index in [0.29, 0.717) is 18.9 Å². The number of nitrogens with zero attached hydrogens (tertiary/aromatic N) is 2. The number of halogens is 2. The molecule has 5 nitrogen and oxygen atoms in total. The van der Waals surface area contributed by atoms with Crippen LogP contribution in [-0.4, -0.2) is 22.4 Å². The highest BCUT2D eigenvalue weighted by molar-refractivity contribution is 7.11. The number of rotatable bonds is 8. The fourth-order valence-electron chi connectivity index (χ4n) is 3.53. The Balaban J connectivity index is 1.19. The van der Waals surface area contributed by atoms with Crippen LogP contribution in [0.15, 0.2) is 28.8 Å². The first-order valence-electron chi connectivity index (χ1n) is 10.2. The molecule has 1 aromatic carbocycles. The second kappa shape index (κ2) is 9.47. The van der Waals surface area contributed by atoms with Gasteiger partial charge in [-0.15, -0.1) is 11.3 Å². The molecule has 1 aliphatic carbocycles. The zero-order valence-corrected chi connectivity index (χ0v) is 17.4. The Morgan fingerprint density at radius 3 is 2.90 bits per heavy atom. The molecule has 0 aliphatic heterocycles. The Labute approximate surface area is 177 Å². The van der Waals surface area contributed by atoms with Gasteiger partial charge in [-0.05, 0) is 44.2 Å². The summed E-state index contributed by atoms with van der Waals surface area (Å²) >= 11 is 1.81. The summed E-state index contributed by atoms with van der Waals surface area (Å²) in [6.45, 7) is 0.598.